The van der Waals surface area contributed by atoms with E-state index in [9.17, 15) is 9.59 Å². The van der Waals surface area contributed by atoms with Gasteiger partial charge in [-0.25, -0.2) is 9.79 Å². The molecule has 0 aromatic heterocycles. The van der Waals surface area contributed by atoms with Crippen molar-refractivity contribution in [2.75, 3.05) is 13.2 Å². The predicted molar refractivity (Wildman–Crippen MR) is 57.3 cm³/mol. The van der Waals surface area contributed by atoms with Crippen molar-refractivity contribution in [2.45, 2.75) is 45.4 Å². The van der Waals surface area contributed by atoms with E-state index in [1.165, 1.54) is 6.08 Å². The number of carbonyl (C=O) groups excluding carboxylic acids is 2. The summed E-state index contributed by atoms with van der Waals surface area (Å²) < 4.78 is 4.80. The number of hydrogen-bond acceptors (Lipinski definition) is 4. The molecule has 0 N–H and O–H groups in total. The van der Waals surface area contributed by atoms with Crippen LogP contribution in [0, 0.1) is 0 Å². The second-order valence-electron chi connectivity index (χ2n) is 3.30. The molecule has 0 aromatic rings. The molecule has 0 aliphatic rings. The van der Waals surface area contributed by atoms with Gasteiger partial charge in [0.2, 0.25) is 6.08 Å². The first-order valence-electron chi connectivity index (χ1n) is 5.50. The van der Waals surface area contributed by atoms with Gasteiger partial charge < -0.3 is 4.74 Å². The number of carbonyl (C=O) groups is 1. The van der Waals surface area contributed by atoms with Gasteiger partial charge in [-0.2, -0.15) is 0 Å². The zero-order chi connectivity index (χ0) is 11.4. The van der Waals surface area contributed by atoms with Gasteiger partial charge in [-0.05, 0) is 19.8 Å². The quantitative estimate of drug-likeness (QED) is 0.255. The van der Waals surface area contributed by atoms with E-state index < -0.39 is 0 Å². The third-order valence-corrected chi connectivity index (χ3v) is 2.02. The Hall–Kier alpha value is -1.15. The standard InChI is InChI=1S/C11H19NO3/c1-2-15-11(14)8-6-4-3-5-7-9-12-10-13/h2-9H2,1H3. The van der Waals surface area contributed by atoms with Gasteiger partial charge in [0.15, 0.2) is 0 Å². The molecular weight excluding hydrogens is 194 g/mol. The van der Waals surface area contributed by atoms with Gasteiger partial charge in [0.1, 0.15) is 0 Å². The average molecular weight is 213 g/mol. The first-order chi connectivity index (χ1) is 7.31. The highest BCUT2D eigenvalue weighted by atomic mass is 16.5. The van der Waals surface area contributed by atoms with Gasteiger partial charge in [-0.15, -0.1) is 0 Å². The zero-order valence-corrected chi connectivity index (χ0v) is 9.33. The minimum Gasteiger partial charge on any atom is -0.466 e. The summed E-state index contributed by atoms with van der Waals surface area (Å²) in [5, 5.41) is 0. The molecule has 0 radical (unpaired) electrons. The van der Waals surface area contributed by atoms with Crippen molar-refractivity contribution in [3.05, 3.63) is 0 Å². The van der Waals surface area contributed by atoms with E-state index in [1.54, 1.807) is 0 Å². The summed E-state index contributed by atoms with van der Waals surface area (Å²) in [5.74, 6) is -0.108. The minimum absolute atomic E-state index is 0.108. The number of unbranched alkanes of at least 4 members (excludes halogenated alkanes) is 4. The van der Waals surface area contributed by atoms with Crippen LogP contribution >= 0.6 is 0 Å². The van der Waals surface area contributed by atoms with Gasteiger partial charge in [0.25, 0.3) is 0 Å². The van der Waals surface area contributed by atoms with E-state index in [0.717, 1.165) is 32.1 Å². The van der Waals surface area contributed by atoms with Crippen LogP contribution in [-0.4, -0.2) is 25.2 Å². The molecule has 0 atom stereocenters. The van der Waals surface area contributed by atoms with E-state index in [-0.39, 0.29) is 5.97 Å². The highest BCUT2D eigenvalue weighted by Crippen LogP contribution is 2.06. The summed E-state index contributed by atoms with van der Waals surface area (Å²) in [5.41, 5.74) is 0. The second-order valence-corrected chi connectivity index (χ2v) is 3.30. The Morgan fingerprint density at radius 3 is 2.53 bits per heavy atom. The van der Waals surface area contributed by atoms with E-state index in [2.05, 4.69) is 4.99 Å². The molecule has 0 saturated carbocycles. The lowest BCUT2D eigenvalue weighted by molar-refractivity contribution is -0.143. The first kappa shape index (κ1) is 13.8. The summed E-state index contributed by atoms with van der Waals surface area (Å²) in [4.78, 5) is 24.1. The van der Waals surface area contributed by atoms with Crippen LogP contribution in [0.2, 0.25) is 0 Å². The summed E-state index contributed by atoms with van der Waals surface area (Å²) in [6.45, 7) is 2.84. The molecule has 4 heteroatoms. The number of nitrogens with zero attached hydrogens (tertiary/aromatic N) is 1. The highest BCUT2D eigenvalue weighted by molar-refractivity contribution is 5.69. The Morgan fingerprint density at radius 2 is 1.87 bits per heavy atom. The molecule has 0 saturated heterocycles. The predicted octanol–water partition coefficient (Wildman–Crippen LogP) is 2.23. The maximum absolute atomic E-state index is 10.9. The van der Waals surface area contributed by atoms with Crippen molar-refractivity contribution in [1.29, 1.82) is 0 Å². The minimum atomic E-state index is -0.108. The molecule has 0 unspecified atom stereocenters. The molecule has 4 nitrogen and oxygen atoms in total. The number of esters is 1. The smallest absolute Gasteiger partial charge is 0.305 e. The molecule has 0 aromatic carbocycles. The van der Waals surface area contributed by atoms with Gasteiger partial charge in [0.05, 0.1) is 13.2 Å². The van der Waals surface area contributed by atoms with Crippen molar-refractivity contribution in [2.24, 2.45) is 4.99 Å². The van der Waals surface area contributed by atoms with Gasteiger partial charge in [-0.1, -0.05) is 19.3 Å². The van der Waals surface area contributed by atoms with Crippen LogP contribution in [-0.2, 0) is 14.3 Å². The lowest BCUT2D eigenvalue weighted by Crippen LogP contribution is -2.03. The molecular formula is C11H19NO3. The number of aliphatic imine (C=N–C) groups is 1. The Balaban J connectivity index is 3.10. The molecule has 0 rings (SSSR count). The summed E-state index contributed by atoms with van der Waals surface area (Å²) >= 11 is 0. The molecule has 0 aliphatic heterocycles. The maximum Gasteiger partial charge on any atom is 0.305 e. The van der Waals surface area contributed by atoms with Gasteiger partial charge >= 0.3 is 5.97 Å². The average Bonchev–Trinajstić information content (AvgIpc) is 2.22. The number of isocyanates is 1. The maximum atomic E-state index is 10.9. The fourth-order valence-corrected chi connectivity index (χ4v) is 1.27. The lowest BCUT2D eigenvalue weighted by Gasteiger charge is -2.01. The Labute approximate surface area is 90.7 Å². The number of rotatable bonds is 9. The lowest BCUT2D eigenvalue weighted by atomic mass is 10.1. The zero-order valence-electron chi connectivity index (χ0n) is 9.33. The van der Waals surface area contributed by atoms with Crippen molar-refractivity contribution < 1.29 is 14.3 Å². The van der Waals surface area contributed by atoms with Crippen LogP contribution in [0.1, 0.15) is 45.4 Å². The van der Waals surface area contributed by atoms with Crippen LogP contribution in [0.3, 0.4) is 0 Å². The topological polar surface area (TPSA) is 55.7 Å². The Kier molecular flexibility index (Phi) is 10.1. The SMILES string of the molecule is CCOC(=O)CCCCCCCN=C=O. The third-order valence-electron chi connectivity index (χ3n) is 2.02. The van der Waals surface area contributed by atoms with Crippen LogP contribution < -0.4 is 0 Å². The number of hydrogen-bond donors (Lipinski definition) is 0. The molecule has 0 bridgehead atoms. The molecule has 0 spiro atoms. The Bertz CT molecular complexity index is 210. The Morgan fingerprint density at radius 1 is 1.20 bits per heavy atom. The monoisotopic (exact) mass is 213 g/mol. The van der Waals surface area contributed by atoms with Gasteiger partial charge in [0, 0.05) is 6.42 Å². The van der Waals surface area contributed by atoms with Crippen LogP contribution in [0.15, 0.2) is 4.99 Å². The van der Waals surface area contributed by atoms with E-state index in [0.29, 0.717) is 19.6 Å². The fraction of sp³-hybridized carbons (Fsp3) is 0.818. The largest absolute Gasteiger partial charge is 0.466 e. The van der Waals surface area contributed by atoms with Crippen molar-refractivity contribution in [3.8, 4) is 0 Å². The third kappa shape index (κ3) is 10.8. The van der Waals surface area contributed by atoms with E-state index >= 15 is 0 Å². The molecule has 0 fully saturated rings. The fourth-order valence-electron chi connectivity index (χ4n) is 1.27. The van der Waals surface area contributed by atoms with E-state index in [4.69, 9.17) is 4.74 Å². The molecule has 0 amide bonds. The summed E-state index contributed by atoms with van der Waals surface area (Å²) in [7, 11) is 0. The second kappa shape index (κ2) is 10.9. The summed E-state index contributed by atoms with van der Waals surface area (Å²) in [6.07, 6.45) is 6.99. The normalized spacial score (nSPS) is 9.40. The van der Waals surface area contributed by atoms with Crippen molar-refractivity contribution in [1.82, 2.24) is 0 Å². The van der Waals surface area contributed by atoms with Crippen LogP contribution in [0.25, 0.3) is 0 Å². The number of ether oxygens (including phenoxy) is 1. The first-order valence-corrected chi connectivity index (χ1v) is 5.50. The molecule has 15 heavy (non-hydrogen) atoms. The van der Waals surface area contributed by atoms with Crippen LogP contribution in [0.4, 0.5) is 0 Å². The van der Waals surface area contributed by atoms with Crippen molar-refractivity contribution >= 4 is 12.0 Å². The van der Waals surface area contributed by atoms with Gasteiger partial charge in [-0.3, -0.25) is 4.79 Å². The molecule has 86 valence electrons. The molecule has 0 heterocycles. The highest BCUT2D eigenvalue weighted by Gasteiger charge is 2.00. The molecule has 0 aliphatic carbocycles. The summed E-state index contributed by atoms with van der Waals surface area (Å²) in [6, 6.07) is 0. The van der Waals surface area contributed by atoms with E-state index in [1.807, 2.05) is 6.92 Å². The van der Waals surface area contributed by atoms with Crippen LogP contribution in [0.5, 0.6) is 0 Å². The van der Waals surface area contributed by atoms with Crippen molar-refractivity contribution in [3.63, 3.8) is 0 Å².